The summed E-state index contributed by atoms with van der Waals surface area (Å²) < 4.78 is 0. The molecule has 0 aliphatic carbocycles. The molecule has 21 heavy (non-hydrogen) atoms. The van der Waals surface area contributed by atoms with E-state index in [1.54, 1.807) is 30.1 Å². The van der Waals surface area contributed by atoms with Gasteiger partial charge in [0.25, 0.3) is 5.91 Å². The van der Waals surface area contributed by atoms with Crippen LogP contribution < -0.4 is 5.73 Å². The van der Waals surface area contributed by atoms with Gasteiger partial charge in [0, 0.05) is 28.3 Å². The maximum absolute atomic E-state index is 12.5. The third-order valence-corrected chi connectivity index (χ3v) is 3.84. The van der Waals surface area contributed by atoms with Crippen LogP contribution in [-0.2, 0) is 0 Å². The molecule has 0 aromatic heterocycles. The highest BCUT2D eigenvalue weighted by Gasteiger charge is 2.19. The number of anilines is 1. The highest BCUT2D eigenvalue weighted by molar-refractivity contribution is 6.35. The molecule has 0 radical (unpaired) electrons. The number of carbonyl (C=O) groups excluding carboxylic acids is 1. The zero-order valence-corrected chi connectivity index (χ0v) is 13.3. The van der Waals surface area contributed by atoms with Crippen molar-refractivity contribution in [2.45, 2.75) is 13.0 Å². The minimum atomic E-state index is -0.144. The van der Waals surface area contributed by atoms with Crippen molar-refractivity contribution in [1.82, 2.24) is 4.90 Å². The fraction of sp³-hybridized carbons (Fsp3) is 0.188. The van der Waals surface area contributed by atoms with Gasteiger partial charge in [-0.25, -0.2) is 0 Å². The molecule has 5 heteroatoms. The number of amides is 1. The number of nitrogens with zero attached hydrogens (tertiary/aromatic N) is 1. The number of hydrogen-bond acceptors (Lipinski definition) is 2. The number of hydrogen-bond donors (Lipinski definition) is 1. The van der Waals surface area contributed by atoms with E-state index in [-0.39, 0.29) is 11.9 Å². The first kappa shape index (κ1) is 15.7. The monoisotopic (exact) mass is 322 g/mol. The molecule has 0 saturated heterocycles. The molecule has 0 heterocycles. The third-order valence-electron chi connectivity index (χ3n) is 3.40. The van der Waals surface area contributed by atoms with E-state index < -0.39 is 0 Å². The van der Waals surface area contributed by atoms with Crippen molar-refractivity contribution in [2.24, 2.45) is 0 Å². The van der Waals surface area contributed by atoms with E-state index in [1.165, 1.54) is 0 Å². The Kier molecular flexibility index (Phi) is 4.76. The predicted octanol–water partition coefficient (Wildman–Crippen LogP) is 4.41. The number of benzene rings is 2. The van der Waals surface area contributed by atoms with Gasteiger partial charge in [0.05, 0.1) is 6.04 Å². The van der Waals surface area contributed by atoms with Gasteiger partial charge in [-0.2, -0.15) is 0 Å². The molecule has 2 N–H and O–H groups in total. The van der Waals surface area contributed by atoms with Gasteiger partial charge in [0.2, 0.25) is 0 Å². The number of rotatable bonds is 3. The van der Waals surface area contributed by atoms with Gasteiger partial charge in [-0.1, -0.05) is 35.3 Å². The Bertz CT molecular complexity index is 653. The smallest absolute Gasteiger partial charge is 0.254 e. The molecule has 0 aliphatic rings. The van der Waals surface area contributed by atoms with Crippen molar-refractivity contribution >= 4 is 34.8 Å². The zero-order chi connectivity index (χ0) is 15.6. The molecular weight excluding hydrogens is 307 g/mol. The van der Waals surface area contributed by atoms with Crippen LogP contribution in [-0.4, -0.2) is 17.9 Å². The molecule has 1 amide bonds. The average Bonchev–Trinajstić information content (AvgIpc) is 2.44. The van der Waals surface area contributed by atoms with Crippen LogP contribution in [0.15, 0.2) is 42.5 Å². The summed E-state index contributed by atoms with van der Waals surface area (Å²) in [6, 6.07) is 12.2. The fourth-order valence-corrected chi connectivity index (χ4v) is 2.63. The second-order valence-corrected chi connectivity index (χ2v) is 5.79. The van der Waals surface area contributed by atoms with Gasteiger partial charge in [-0.05, 0) is 42.8 Å². The van der Waals surface area contributed by atoms with Gasteiger partial charge in [0.1, 0.15) is 0 Å². The molecular formula is C16H16Cl2N2O. The molecule has 0 aliphatic heterocycles. The summed E-state index contributed by atoms with van der Waals surface area (Å²) in [5.41, 5.74) is 7.89. The molecule has 0 bridgehead atoms. The van der Waals surface area contributed by atoms with E-state index >= 15 is 0 Å². The summed E-state index contributed by atoms with van der Waals surface area (Å²) in [5, 5.41) is 0.881. The Hall–Kier alpha value is -1.71. The summed E-state index contributed by atoms with van der Waals surface area (Å²) in [6.45, 7) is 1.94. The maximum Gasteiger partial charge on any atom is 0.254 e. The lowest BCUT2D eigenvalue weighted by molar-refractivity contribution is 0.0742. The van der Waals surface area contributed by atoms with Crippen LogP contribution in [0.25, 0.3) is 0 Å². The standard InChI is InChI=1S/C16H16Cl2N2O/c1-10(11-4-3-5-15(19)8-11)20(2)16(21)12-6-13(17)9-14(18)7-12/h3-10H,19H2,1-2H3. The second kappa shape index (κ2) is 6.37. The molecule has 1 unspecified atom stereocenters. The summed E-state index contributed by atoms with van der Waals surface area (Å²) in [6.07, 6.45) is 0. The normalized spacial score (nSPS) is 12.0. The van der Waals surface area contributed by atoms with Gasteiger partial charge in [0.15, 0.2) is 0 Å². The highest BCUT2D eigenvalue weighted by Crippen LogP contribution is 2.25. The van der Waals surface area contributed by atoms with Crippen LogP contribution in [0.2, 0.25) is 10.0 Å². The first-order valence-corrected chi connectivity index (χ1v) is 7.23. The van der Waals surface area contributed by atoms with Crippen LogP contribution >= 0.6 is 23.2 Å². The van der Waals surface area contributed by atoms with E-state index in [1.807, 2.05) is 31.2 Å². The Morgan fingerprint density at radius 1 is 1.14 bits per heavy atom. The van der Waals surface area contributed by atoms with Crippen LogP contribution in [0.1, 0.15) is 28.9 Å². The Morgan fingerprint density at radius 3 is 2.33 bits per heavy atom. The Morgan fingerprint density at radius 2 is 1.76 bits per heavy atom. The number of halogens is 2. The average molecular weight is 323 g/mol. The SMILES string of the molecule is CC(c1cccc(N)c1)N(C)C(=O)c1cc(Cl)cc(Cl)c1. The van der Waals surface area contributed by atoms with Crippen LogP contribution in [0, 0.1) is 0 Å². The minimum Gasteiger partial charge on any atom is -0.399 e. The maximum atomic E-state index is 12.5. The van der Waals surface area contributed by atoms with E-state index in [2.05, 4.69) is 0 Å². The number of nitrogen functional groups attached to an aromatic ring is 1. The molecule has 0 saturated carbocycles. The van der Waals surface area contributed by atoms with Crippen LogP contribution in [0.3, 0.4) is 0 Å². The number of carbonyl (C=O) groups is 1. The summed E-state index contributed by atoms with van der Waals surface area (Å²) in [7, 11) is 1.74. The summed E-state index contributed by atoms with van der Waals surface area (Å²) >= 11 is 11.9. The van der Waals surface area contributed by atoms with Gasteiger partial charge in [-0.15, -0.1) is 0 Å². The molecule has 110 valence electrons. The van der Waals surface area contributed by atoms with Crippen molar-refractivity contribution in [3.8, 4) is 0 Å². The van der Waals surface area contributed by atoms with E-state index in [0.717, 1.165) is 5.56 Å². The first-order valence-electron chi connectivity index (χ1n) is 6.47. The molecule has 2 rings (SSSR count). The van der Waals surface area contributed by atoms with Gasteiger partial charge < -0.3 is 10.6 Å². The lowest BCUT2D eigenvalue weighted by atomic mass is 10.1. The lowest BCUT2D eigenvalue weighted by Crippen LogP contribution is -2.29. The van der Waals surface area contributed by atoms with Crippen molar-refractivity contribution in [3.63, 3.8) is 0 Å². The summed E-state index contributed by atoms with van der Waals surface area (Å²) in [5.74, 6) is -0.144. The van der Waals surface area contributed by atoms with Crippen LogP contribution in [0.4, 0.5) is 5.69 Å². The topological polar surface area (TPSA) is 46.3 Å². The zero-order valence-electron chi connectivity index (χ0n) is 11.8. The van der Waals surface area contributed by atoms with E-state index in [9.17, 15) is 4.79 Å². The molecule has 0 spiro atoms. The molecule has 2 aromatic carbocycles. The Balaban J connectivity index is 2.26. The van der Waals surface area contributed by atoms with Crippen LogP contribution in [0.5, 0.6) is 0 Å². The fourth-order valence-electron chi connectivity index (χ4n) is 2.10. The van der Waals surface area contributed by atoms with Crippen molar-refractivity contribution < 1.29 is 4.79 Å². The molecule has 0 fully saturated rings. The van der Waals surface area contributed by atoms with Gasteiger partial charge in [-0.3, -0.25) is 4.79 Å². The first-order chi connectivity index (χ1) is 9.88. The van der Waals surface area contributed by atoms with Gasteiger partial charge >= 0.3 is 0 Å². The van der Waals surface area contributed by atoms with E-state index in [0.29, 0.717) is 21.3 Å². The minimum absolute atomic E-state index is 0.112. The second-order valence-electron chi connectivity index (χ2n) is 4.92. The summed E-state index contributed by atoms with van der Waals surface area (Å²) in [4.78, 5) is 14.2. The lowest BCUT2D eigenvalue weighted by Gasteiger charge is -2.25. The third kappa shape index (κ3) is 3.69. The van der Waals surface area contributed by atoms with E-state index in [4.69, 9.17) is 28.9 Å². The Labute approximate surface area is 134 Å². The predicted molar refractivity (Wildman–Crippen MR) is 87.8 cm³/mol. The highest BCUT2D eigenvalue weighted by atomic mass is 35.5. The molecule has 2 aromatic rings. The quantitative estimate of drug-likeness (QED) is 0.851. The molecule has 3 nitrogen and oxygen atoms in total. The molecule has 1 atom stereocenters. The largest absolute Gasteiger partial charge is 0.399 e. The van der Waals surface area contributed by atoms with Crippen molar-refractivity contribution in [1.29, 1.82) is 0 Å². The number of nitrogens with two attached hydrogens (primary N) is 1. The van der Waals surface area contributed by atoms with Crippen molar-refractivity contribution in [3.05, 3.63) is 63.6 Å². The van der Waals surface area contributed by atoms with Crippen molar-refractivity contribution in [2.75, 3.05) is 12.8 Å².